The summed E-state index contributed by atoms with van der Waals surface area (Å²) in [6, 6.07) is 15.7. The van der Waals surface area contributed by atoms with Crippen molar-refractivity contribution in [2.45, 2.75) is 64.3 Å². The molecule has 3 rings (SSSR count). The van der Waals surface area contributed by atoms with E-state index >= 15 is 0 Å². The molecule has 3 unspecified atom stereocenters. The minimum atomic E-state index is -1.31. The van der Waals surface area contributed by atoms with Gasteiger partial charge in [-0.05, 0) is 37.8 Å². The Hall–Kier alpha value is -3.88. The predicted molar refractivity (Wildman–Crippen MR) is 135 cm³/mol. The Kier molecular flexibility index (Phi) is 9.27. The summed E-state index contributed by atoms with van der Waals surface area (Å²) >= 11 is 0. The first-order valence-electron chi connectivity index (χ1n) is 12.3. The van der Waals surface area contributed by atoms with Crippen molar-refractivity contribution in [3.05, 3.63) is 71.3 Å². The standard InChI is InChI=1S/C28H34N2O7/c1-19-11-13-22(14-12-19)17-28(26(33)29-24(25(32)35-4)20(2)37-21(3)31)15-8-16-30(28)27(34)36-18-23-9-6-5-7-10-23/h5-7,9-14,20,24H,8,15-18H2,1-4H3,(H,29,33). The van der Waals surface area contributed by atoms with Crippen LogP contribution in [0.1, 0.15) is 43.4 Å². The quantitative estimate of drug-likeness (QED) is 0.407. The summed E-state index contributed by atoms with van der Waals surface area (Å²) < 4.78 is 15.6. The fraction of sp³-hybridized carbons (Fsp3) is 0.429. The SMILES string of the molecule is COC(=O)C(NC(=O)C1(Cc2ccc(C)cc2)CCCN1C(=O)OCc1ccccc1)C(C)OC(C)=O. The van der Waals surface area contributed by atoms with E-state index in [0.717, 1.165) is 16.7 Å². The molecule has 2 aromatic rings. The van der Waals surface area contributed by atoms with Crippen LogP contribution in [0.25, 0.3) is 0 Å². The number of hydrogen-bond acceptors (Lipinski definition) is 7. The van der Waals surface area contributed by atoms with Crippen LogP contribution in [0.5, 0.6) is 0 Å². The van der Waals surface area contributed by atoms with Gasteiger partial charge in [0.25, 0.3) is 0 Å². The van der Waals surface area contributed by atoms with Crippen molar-refractivity contribution in [1.29, 1.82) is 0 Å². The Morgan fingerprint density at radius 2 is 1.70 bits per heavy atom. The zero-order valence-electron chi connectivity index (χ0n) is 21.7. The van der Waals surface area contributed by atoms with Gasteiger partial charge < -0.3 is 19.5 Å². The Morgan fingerprint density at radius 3 is 2.32 bits per heavy atom. The summed E-state index contributed by atoms with van der Waals surface area (Å²) in [6.45, 7) is 5.05. The minimum absolute atomic E-state index is 0.0622. The van der Waals surface area contributed by atoms with Gasteiger partial charge in [-0.25, -0.2) is 9.59 Å². The fourth-order valence-corrected chi connectivity index (χ4v) is 4.59. The van der Waals surface area contributed by atoms with Crippen molar-refractivity contribution in [1.82, 2.24) is 10.2 Å². The number of carbonyl (C=O) groups excluding carboxylic acids is 4. The van der Waals surface area contributed by atoms with Gasteiger partial charge in [0, 0.05) is 19.9 Å². The molecular weight excluding hydrogens is 476 g/mol. The molecule has 3 atom stereocenters. The third kappa shape index (κ3) is 6.87. The Bertz CT molecular complexity index is 1100. The van der Waals surface area contributed by atoms with Crippen LogP contribution in [0.4, 0.5) is 4.79 Å². The average Bonchev–Trinajstić information content (AvgIpc) is 3.31. The molecule has 0 radical (unpaired) electrons. The molecule has 1 fully saturated rings. The van der Waals surface area contributed by atoms with E-state index in [9.17, 15) is 19.2 Å². The Balaban J connectivity index is 1.91. The molecule has 1 saturated heterocycles. The van der Waals surface area contributed by atoms with Crippen LogP contribution in [0.3, 0.4) is 0 Å². The summed E-state index contributed by atoms with van der Waals surface area (Å²) in [5.41, 5.74) is 1.43. The van der Waals surface area contributed by atoms with Crippen LogP contribution in [-0.2, 0) is 41.6 Å². The maximum absolute atomic E-state index is 13.9. The number of methoxy groups -OCH3 is 1. The molecule has 1 N–H and O–H groups in total. The summed E-state index contributed by atoms with van der Waals surface area (Å²) in [7, 11) is 1.19. The highest BCUT2D eigenvalue weighted by atomic mass is 16.6. The number of nitrogens with one attached hydrogen (secondary N) is 1. The van der Waals surface area contributed by atoms with E-state index in [1.165, 1.54) is 25.9 Å². The lowest BCUT2D eigenvalue weighted by atomic mass is 9.86. The molecule has 2 amide bonds. The summed E-state index contributed by atoms with van der Waals surface area (Å²) in [4.78, 5) is 52.7. The Morgan fingerprint density at radius 1 is 1.03 bits per heavy atom. The van der Waals surface area contributed by atoms with Gasteiger partial charge in [0.15, 0.2) is 6.04 Å². The lowest BCUT2D eigenvalue weighted by Gasteiger charge is -2.38. The molecule has 1 aliphatic rings. The molecule has 0 aromatic heterocycles. The van der Waals surface area contributed by atoms with E-state index in [4.69, 9.17) is 14.2 Å². The van der Waals surface area contributed by atoms with E-state index in [0.29, 0.717) is 19.4 Å². The second kappa shape index (κ2) is 12.4. The minimum Gasteiger partial charge on any atom is -0.467 e. The molecule has 0 saturated carbocycles. The first kappa shape index (κ1) is 27.7. The summed E-state index contributed by atoms with van der Waals surface area (Å²) in [5, 5.41) is 2.71. The highest BCUT2D eigenvalue weighted by Crippen LogP contribution is 2.34. The van der Waals surface area contributed by atoms with Crippen LogP contribution in [0, 0.1) is 6.92 Å². The van der Waals surface area contributed by atoms with Gasteiger partial charge in [-0.3, -0.25) is 14.5 Å². The molecule has 37 heavy (non-hydrogen) atoms. The lowest BCUT2D eigenvalue weighted by molar-refractivity contribution is -0.157. The van der Waals surface area contributed by atoms with Crippen LogP contribution in [0.15, 0.2) is 54.6 Å². The average molecular weight is 511 g/mol. The normalized spacial score (nSPS) is 18.4. The fourth-order valence-electron chi connectivity index (χ4n) is 4.59. The number of esters is 2. The van der Waals surface area contributed by atoms with E-state index in [1.54, 1.807) is 0 Å². The highest BCUT2D eigenvalue weighted by molar-refractivity contribution is 5.94. The number of nitrogens with zero attached hydrogens (tertiary/aromatic N) is 1. The number of carbonyl (C=O) groups is 4. The second-order valence-electron chi connectivity index (χ2n) is 9.28. The zero-order valence-corrected chi connectivity index (χ0v) is 21.7. The van der Waals surface area contributed by atoms with E-state index in [1.807, 2.05) is 61.5 Å². The lowest BCUT2D eigenvalue weighted by Crippen LogP contribution is -2.62. The number of aryl methyl sites for hydroxylation is 1. The van der Waals surface area contributed by atoms with Crippen LogP contribution in [0.2, 0.25) is 0 Å². The predicted octanol–water partition coefficient (Wildman–Crippen LogP) is 3.32. The number of amides is 2. The van der Waals surface area contributed by atoms with Gasteiger partial charge in [-0.2, -0.15) is 0 Å². The van der Waals surface area contributed by atoms with Gasteiger partial charge in [-0.1, -0.05) is 60.2 Å². The molecule has 2 aromatic carbocycles. The van der Waals surface area contributed by atoms with Crippen molar-refractivity contribution < 1.29 is 33.4 Å². The van der Waals surface area contributed by atoms with Gasteiger partial charge in [0.2, 0.25) is 5.91 Å². The monoisotopic (exact) mass is 510 g/mol. The third-order valence-electron chi connectivity index (χ3n) is 6.52. The van der Waals surface area contributed by atoms with Gasteiger partial charge >= 0.3 is 18.0 Å². The van der Waals surface area contributed by atoms with E-state index in [2.05, 4.69) is 5.32 Å². The van der Waals surface area contributed by atoms with E-state index in [-0.39, 0.29) is 13.0 Å². The third-order valence-corrected chi connectivity index (χ3v) is 6.52. The van der Waals surface area contributed by atoms with Gasteiger partial charge in [0.05, 0.1) is 7.11 Å². The molecule has 0 bridgehead atoms. The molecule has 0 aliphatic carbocycles. The smallest absolute Gasteiger partial charge is 0.411 e. The van der Waals surface area contributed by atoms with Crippen molar-refractivity contribution in [2.75, 3.05) is 13.7 Å². The second-order valence-corrected chi connectivity index (χ2v) is 9.28. The largest absolute Gasteiger partial charge is 0.467 e. The molecular formula is C28H34N2O7. The molecule has 9 heteroatoms. The van der Waals surface area contributed by atoms with Crippen LogP contribution >= 0.6 is 0 Å². The van der Waals surface area contributed by atoms with Crippen molar-refractivity contribution >= 4 is 23.9 Å². The number of rotatable bonds is 9. The Labute approximate surface area is 217 Å². The number of likely N-dealkylation sites (tertiary alicyclic amines) is 1. The highest BCUT2D eigenvalue weighted by Gasteiger charge is 2.51. The topological polar surface area (TPSA) is 111 Å². The first-order valence-corrected chi connectivity index (χ1v) is 12.3. The molecule has 1 heterocycles. The number of hydrogen-bond donors (Lipinski definition) is 1. The van der Waals surface area contributed by atoms with Crippen molar-refractivity contribution in [3.8, 4) is 0 Å². The van der Waals surface area contributed by atoms with Crippen molar-refractivity contribution in [3.63, 3.8) is 0 Å². The first-order chi connectivity index (χ1) is 17.7. The van der Waals surface area contributed by atoms with Crippen LogP contribution in [-0.4, -0.2) is 60.2 Å². The van der Waals surface area contributed by atoms with Crippen molar-refractivity contribution in [2.24, 2.45) is 0 Å². The maximum Gasteiger partial charge on any atom is 0.411 e. The zero-order chi connectivity index (χ0) is 27.0. The van der Waals surface area contributed by atoms with E-state index < -0.39 is 41.6 Å². The molecule has 9 nitrogen and oxygen atoms in total. The molecule has 0 spiro atoms. The number of benzene rings is 2. The van der Waals surface area contributed by atoms with Gasteiger partial charge in [-0.15, -0.1) is 0 Å². The summed E-state index contributed by atoms with van der Waals surface area (Å²) in [6.07, 6.45) is -0.447. The number of ether oxygens (including phenoxy) is 3. The summed E-state index contributed by atoms with van der Waals surface area (Å²) in [5.74, 6) is -1.91. The van der Waals surface area contributed by atoms with Crippen LogP contribution < -0.4 is 5.32 Å². The maximum atomic E-state index is 13.9. The molecule has 198 valence electrons. The molecule has 1 aliphatic heterocycles. The van der Waals surface area contributed by atoms with Gasteiger partial charge in [0.1, 0.15) is 18.2 Å².